The Labute approximate surface area is 107 Å². The van der Waals surface area contributed by atoms with Crippen molar-refractivity contribution in [1.29, 1.82) is 0 Å². The topological polar surface area (TPSA) is 0 Å². The predicted octanol–water partition coefficient (Wildman–Crippen LogP) is 5.88. The minimum Gasteiger partial charge on any atom is -0.0991 e. The summed E-state index contributed by atoms with van der Waals surface area (Å²) in [5, 5.41) is 0. The molecule has 0 bridgehead atoms. The molecule has 0 aliphatic heterocycles. The van der Waals surface area contributed by atoms with Crippen LogP contribution in [0, 0.1) is 0 Å². The summed E-state index contributed by atoms with van der Waals surface area (Å²) in [6.07, 6.45) is 7.88. The number of rotatable bonds is 3. The van der Waals surface area contributed by atoms with Crippen molar-refractivity contribution in [2.45, 2.75) is 34.6 Å². The third kappa shape index (κ3) is 8.27. The van der Waals surface area contributed by atoms with E-state index in [1.54, 1.807) is 6.08 Å². The van der Waals surface area contributed by atoms with E-state index in [0.717, 1.165) is 0 Å². The van der Waals surface area contributed by atoms with Crippen LogP contribution in [0.15, 0.2) is 61.2 Å². The zero-order valence-electron chi connectivity index (χ0n) is 11.9. The zero-order chi connectivity index (χ0) is 13.5. The fourth-order valence-electron chi connectivity index (χ4n) is 1.16. The number of benzene rings is 1. The summed E-state index contributed by atoms with van der Waals surface area (Å²) in [4.78, 5) is 0. The normalized spacial score (nSPS) is 9.82. The van der Waals surface area contributed by atoms with Crippen LogP contribution in [0.3, 0.4) is 0 Å². The lowest BCUT2D eigenvalue weighted by molar-refractivity contribution is 1.50. The van der Waals surface area contributed by atoms with E-state index >= 15 is 0 Å². The van der Waals surface area contributed by atoms with Crippen LogP contribution >= 0.6 is 0 Å². The number of hydrogen-bond acceptors (Lipinski definition) is 0. The zero-order valence-corrected chi connectivity index (χ0v) is 11.9. The summed E-state index contributed by atoms with van der Waals surface area (Å²) in [6, 6.07) is 10.3. The molecule has 1 aromatic rings. The minimum atomic E-state index is 1.22. The molecule has 0 heteroatoms. The summed E-state index contributed by atoms with van der Waals surface area (Å²) in [5.41, 5.74) is 2.46. The molecule has 0 atom stereocenters. The third-order valence-corrected chi connectivity index (χ3v) is 1.83. The largest absolute Gasteiger partial charge is 0.0991 e. The van der Waals surface area contributed by atoms with Gasteiger partial charge in [0.15, 0.2) is 0 Å². The lowest BCUT2D eigenvalue weighted by atomic mass is 10.1. The van der Waals surface area contributed by atoms with Gasteiger partial charge in [0.05, 0.1) is 0 Å². The number of allylic oxidation sites excluding steroid dienone is 5. The molecule has 0 aliphatic rings. The van der Waals surface area contributed by atoms with Crippen molar-refractivity contribution >= 4 is 5.57 Å². The van der Waals surface area contributed by atoms with Crippen molar-refractivity contribution in [2.75, 3.05) is 0 Å². The van der Waals surface area contributed by atoms with Crippen molar-refractivity contribution < 1.29 is 0 Å². The van der Waals surface area contributed by atoms with E-state index < -0.39 is 0 Å². The lowest BCUT2D eigenvalue weighted by Crippen LogP contribution is -1.77. The van der Waals surface area contributed by atoms with Crippen LogP contribution in [0.5, 0.6) is 0 Å². The molecule has 0 saturated heterocycles. The van der Waals surface area contributed by atoms with Gasteiger partial charge in [-0.3, -0.25) is 0 Å². The highest BCUT2D eigenvalue weighted by Gasteiger charge is 1.92. The second kappa shape index (κ2) is 14.4. The molecule has 0 aromatic heterocycles. The van der Waals surface area contributed by atoms with E-state index in [9.17, 15) is 0 Å². The van der Waals surface area contributed by atoms with Crippen LogP contribution in [0.4, 0.5) is 0 Å². The Morgan fingerprint density at radius 1 is 1.00 bits per heavy atom. The Bertz CT molecular complexity index is 315. The summed E-state index contributed by atoms with van der Waals surface area (Å²) >= 11 is 0. The first kappa shape index (κ1) is 17.8. The van der Waals surface area contributed by atoms with E-state index in [2.05, 4.69) is 30.9 Å². The number of hydrogen-bond donors (Lipinski definition) is 0. The van der Waals surface area contributed by atoms with Gasteiger partial charge in [0.2, 0.25) is 0 Å². The molecule has 0 aliphatic carbocycles. The fraction of sp³-hybridized carbons (Fsp3) is 0.294. The first-order chi connectivity index (χ1) is 8.38. The van der Waals surface area contributed by atoms with Gasteiger partial charge >= 0.3 is 0 Å². The molecule has 0 fully saturated rings. The maximum atomic E-state index is 3.65. The van der Waals surface area contributed by atoms with Gasteiger partial charge in [0.25, 0.3) is 0 Å². The van der Waals surface area contributed by atoms with Crippen molar-refractivity contribution in [3.63, 3.8) is 0 Å². The molecule has 1 rings (SSSR count). The summed E-state index contributed by atoms with van der Waals surface area (Å²) in [6.45, 7) is 13.7. The van der Waals surface area contributed by atoms with E-state index in [-0.39, 0.29) is 0 Å². The smallest absolute Gasteiger partial charge is 0.0187 e. The predicted molar refractivity (Wildman–Crippen MR) is 82.1 cm³/mol. The average molecular weight is 230 g/mol. The monoisotopic (exact) mass is 230 g/mol. The Balaban J connectivity index is 0. The third-order valence-electron chi connectivity index (χ3n) is 1.83. The molecule has 17 heavy (non-hydrogen) atoms. The first-order valence-electron chi connectivity index (χ1n) is 6.39. The highest BCUT2D eigenvalue weighted by atomic mass is 14.0. The molecule has 0 heterocycles. The molecule has 0 saturated carbocycles. The van der Waals surface area contributed by atoms with E-state index in [0.29, 0.717) is 0 Å². The fourth-order valence-corrected chi connectivity index (χ4v) is 1.16. The van der Waals surface area contributed by atoms with Gasteiger partial charge in [-0.15, -0.1) is 0 Å². The van der Waals surface area contributed by atoms with Crippen LogP contribution in [-0.2, 0) is 0 Å². The van der Waals surface area contributed by atoms with Gasteiger partial charge < -0.3 is 0 Å². The quantitative estimate of drug-likeness (QED) is 0.568. The van der Waals surface area contributed by atoms with Crippen LogP contribution in [0.25, 0.3) is 5.57 Å². The Morgan fingerprint density at radius 3 is 1.94 bits per heavy atom. The maximum Gasteiger partial charge on any atom is -0.0187 e. The molecular weight excluding hydrogens is 204 g/mol. The SMILES string of the molecule is C=C/C=C\C(=C/C)c1ccccc1.CC.CC. The Hall–Kier alpha value is -1.56. The molecule has 0 radical (unpaired) electrons. The molecule has 0 spiro atoms. The van der Waals surface area contributed by atoms with E-state index in [1.165, 1.54) is 11.1 Å². The lowest BCUT2D eigenvalue weighted by Gasteiger charge is -1.99. The highest BCUT2D eigenvalue weighted by molar-refractivity contribution is 5.73. The molecule has 0 amide bonds. The van der Waals surface area contributed by atoms with Gasteiger partial charge in [-0.2, -0.15) is 0 Å². The molecule has 0 nitrogen and oxygen atoms in total. The Morgan fingerprint density at radius 2 is 1.53 bits per heavy atom. The van der Waals surface area contributed by atoms with E-state index in [1.807, 2.05) is 58.9 Å². The average Bonchev–Trinajstić information content (AvgIpc) is 2.45. The molecule has 94 valence electrons. The van der Waals surface area contributed by atoms with Crippen LogP contribution in [0.2, 0.25) is 0 Å². The standard InChI is InChI=1S/C13H14.2C2H6/c1-3-5-9-12(4-2)13-10-7-6-8-11-13;2*1-2/h3-11H,1H2,2H3;2*1-2H3/b9-5-,12-4+;;. The van der Waals surface area contributed by atoms with Crippen molar-refractivity contribution in [1.82, 2.24) is 0 Å². The highest BCUT2D eigenvalue weighted by Crippen LogP contribution is 2.14. The van der Waals surface area contributed by atoms with Gasteiger partial charge in [0.1, 0.15) is 0 Å². The molecule has 0 N–H and O–H groups in total. The molecule has 1 aromatic carbocycles. The first-order valence-corrected chi connectivity index (χ1v) is 6.39. The van der Waals surface area contributed by atoms with Crippen molar-refractivity contribution in [3.8, 4) is 0 Å². The second-order valence-electron chi connectivity index (χ2n) is 2.70. The Kier molecular flexibility index (Phi) is 15.1. The summed E-state index contributed by atoms with van der Waals surface area (Å²) in [5.74, 6) is 0. The van der Waals surface area contributed by atoms with Crippen molar-refractivity contribution in [3.05, 3.63) is 66.8 Å². The van der Waals surface area contributed by atoms with Crippen LogP contribution in [0.1, 0.15) is 40.2 Å². The summed E-state index contributed by atoms with van der Waals surface area (Å²) < 4.78 is 0. The molecular formula is C17H26. The van der Waals surface area contributed by atoms with Crippen LogP contribution in [-0.4, -0.2) is 0 Å². The van der Waals surface area contributed by atoms with E-state index in [4.69, 9.17) is 0 Å². The second-order valence-corrected chi connectivity index (χ2v) is 2.70. The van der Waals surface area contributed by atoms with Crippen molar-refractivity contribution in [2.24, 2.45) is 0 Å². The van der Waals surface area contributed by atoms with Gasteiger partial charge in [-0.05, 0) is 18.1 Å². The minimum absolute atomic E-state index is 1.22. The summed E-state index contributed by atoms with van der Waals surface area (Å²) in [7, 11) is 0. The van der Waals surface area contributed by atoms with Gasteiger partial charge in [-0.1, -0.05) is 88.9 Å². The van der Waals surface area contributed by atoms with Gasteiger partial charge in [0, 0.05) is 0 Å². The van der Waals surface area contributed by atoms with Gasteiger partial charge in [-0.25, -0.2) is 0 Å². The molecule has 0 unspecified atom stereocenters. The van der Waals surface area contributed by atoms with Crippen LogP contribution < -0.4 is 0 Å². The maximum absolute atomic E-state index is 3.65.